The molecule has 6 heteroatoms. The second kappa shape index (κ2) is 10.3. The highest BCUT2D eigenvalue weighted by Gasteiger charge is 2.30. The molecule has 1 saturated carbocycles. The van der Waals surface area contributed by atoms with Gasteiger partial charge in [-0.05, 0) is 49.5 Å². The number of hydrogen-bond donors (Lipinski definition) is 2. The molecule has 2 heterocycles. The minimum absolute atomic E-state index is 0. The van der Waals surface area contributed by atoms with Crippen molar-refractivity contribution in [1.82, 2.24) is 15.5 Å². The van der Waals surface area contributed by atoms with Crippen molar-refractivity contribution < 1.29 is 0 Å². The molecule has 3 fully saturated rings. The third kappa shape index (κ3) is 5.96. The van der Waals surface area contributed by atoms with Crippen LogP contribution in [0.5, 0.6) is 0 Å². The van der Waals surface area contributed by atoms with Gasteiger partial charge in [0, 0.05) is 38.8 Å². The summed E-state index contributed by atoms with van der Waals surface area (Å²) in [6, 6.07) is 1.44. The molecule has 1 aliphatic carbocycles. The Kier molecular flexibility index (Phi) is 8.82. The molecule has 0 aromatic carbocycles. The van der Waals surface area contributed by atoms with Crippen molar-refractivity contribution in [2.45, 2.75) is 57.0 Å². The fourth-order valence-corrected chi connectivity index (χ4v) is 5.29. The molecule has 2 N–H and O–H groups in total. The van der Waals surface area contributed by atoms with Crippen LogP contribution < -0.4 is 10.6 Å². The summed E-state index contributed by atoms with van der Waals surface area (Å²) >= 11 is 2.10. The normalized spacial score (nSPS) is 27.9. The van der Waals surface area contributed by atoms with E-state index in [1.807, 2.05) is 7.05 Å². The van der Waals surface area contributed by atoms with Crippen molar-refractivity contribution in [3.8, 4) is 0 Å². The predicted molar refractivity (Wildman–Crippen MR) is 112 cm³/mol. The fourth-order valence-electron chi connectivity index (χ4n) is 4.09. The van der Waals surface area contributed by atoms with Crippen LogP contribution in [0.3, 0.4) is 0 Å². The predicted octanol–water partition coefficient (Wildman–Crippen LogP) is 2.93. The third-order valence-electron chi connectivity index (χ3n) is 5.52. The zero-order chi connectivity index (χ0) is 15.2. The maximum atomic E-state index is 4.43. The van der Waals surface area contributed by atoms with Gasteiger partial charge in [0.1, 0.15) is 0 Å². The van der Waals surface area contributed by atoms with Crippen molar-refractivity contribution in [1.29, 1.82) is 0 Å². The first-order chi connectivity index (χ1) is 10.8. The average molecular weight is 452 g/mol. The second-order valence-electron chi connectivity index (χ2n) is 7.07. The molecule has 3 aliphatic rings. The lowest BCUT2D eigenvalue weighted by Gasteiger charge is -2.25. The summed E-state index contributed by atoms with van der Waals surface area (Å²) in [5.74, 6) is 4.50. The molecule has 0 aromatic rings. The summed E-state index contributed by atoms with van der Waals surface area (Å²) in [7, 11) is 1.90. The van der Waals surface area contributed by atoms with Gasteiger partial charge in [0.05, 0.1) is 0 Å². The standard InChI is InChI=1S/C17H32N4S.HI/c1-18-17(19-12-14-7-10-22-11-8-14)20-15-6-9-21(13-15)16-4-2-3-5-16;/h14-16H,2-13H2,1H3,(H2,18,19,20);1H. The van der Waals surface area contributed by atoms with E-state index in [2.05, 4.69) is 32.3 Å². The fraction of sp³-hybridized carbons (Fsp3) is 0.941. The minimum atomic E-state index is 0. The lowest BCUT2D eigenvalue weighted by Crippen LogP contribution is -2.46. The van der Waals surface area contributed by atoms with Gasteiger partial charge in [0.2, 0.25) is 0 Å². The Morgan fingerprint density at radius 1 is 1.13 bits per heavy atom. The van der Waals surface area contributed by atoms with Crippen LogP contribution in [0.15, 0.2) is 4.99 Å². The maximum absolute atomic E-state index is 4.43. The van der Waals surface area contributed by atoms with Crippen LogP contribution in [0, 0.1) is 5.92 Å². The van der Waals surface area contributed by atoms with Crippen molar-refractivity contribution in [3.63, 3.8) is 0 Å². The van der Waals surface area contributed by atoms with Crippen LogP contribution in [-0.4, -0.2) is 61.1 Å². The van der Waals surface area contributed by atoms with Crippen LogP contribution in [0.2, 0.25) is 0 Å². The molecule has 0 amide bonds. The molecule has 1 atom stereocenters. The smallest absolute Gasteiger partial charge is 0.191 e. The Morgan fingerprint density at radius 2 is 1.87 bits per heavy atom. The molecule has 3 rings (SSSR count). The summed E-state index contributed by atoms with van der Waals surface area (Å²) in [5.41, 5.74) is 0. The first kappa shape index (κ1) is 19.6. The van der Waals surface area contributed by atoms with Gasteiger partial charge in [0.25, 0.3) is 0 Å². The topological polar surface area (TPSA) is 39.7 Å². The first-order valence-electron chi connectivity index (χ1n) is 9.14. The van der Waals surface area contributed by atoms with Crippen LogP contribution in [0.1, 0.15) is 44.9 Å². The molecule has 0 aromatic heterocycles. The Labute approximate surface area is 163 Å². The SMILES string of the molecule is CN=C(NCC1CCSCC1)NC1CCN(C2CCCC2)C1.I. The Morgan fingerprint density at radius 3 is 2.57 bits per heavy atom. The Bertz CT molecular complexity index is 368. The number of nitrogens with zero attached hydrogens (tertiary/aromatic N) is 2. The monoisotopic (exact) mass is 452 g/mol. The number of rotatable bonds is 4. The van der Waals surface area contributed by atoms with Gasteiger partial charge in [-0.2, -0.15) is 11.8 Å². The molecule has 2 saturated heterocycles. The van der Waals surface area contributed by atoms with E-state index in [0.717, 1.165) is 24.5 Å². The zero-order valence-electron chi connectivity index (χ0n) is 14.4. The largest absolute Gasteiger partial charge is 0.356 e. The second-order valence-corrected chi connectivity index (χ2v) is 8.30. The number of guanidine groups is 1. The Hall–Kier alpha value is 0.310. The van der Waals surface area contributed by atoms with Crippen LogP contribution in [-0.2, 0) is 0 Å². The summed E-state index contributed by atoms with van der Waals surface area (Å²) in [4.78, 5) is 7.13. The maximum Gasteiger partial charge on any atom is 0.191 e. The minimum Gasteiger partial charge on any atom is -0.356 e. The van der Waals surface area contributed by atoms with E-state index < -0.39 is 0 Å². The molecule has 0 radical (unpaired) electrons. The van der Waals surface area contributed by atoms with Gasteiger partial charge in [0.15, 0.2) is 5.96 Å². The van der Waals surface area contributed by atoms with E-state index >= 15 is 0 Å². The first-order valence-corrected chi connectivity index (χ1v) is 10.3. The van der Waals surface area contributed by atoms with E-state index in [1.165, 1.54) is 69.5 Å². The number of aliphatic imine (C=N–C) groups is 1. The van der Waals surface area contributed by atoms with E-state index in [0.29, 0.717) is 6.04 Å². The van der Waals surface area contributed by atoms with Gasteiger partial charge in [-0.25, -0.2) is 0 Å². The lowest BCUT2D eigenvalue weighted by atomic mass is 10.0. The molecule has 23 heavy (non-hydrogen) atoms. The van der Waals surface area contributed by atoms with E-state index in [-0.39, 0.29) is 24.0 Å². The summed E-state index contributed by atoms with van der Waals surface area (Å²) < 4.78 is 0. The molecule has 134 valence electrons. The summed E-state index contributed by atoms with van der Waals surface area (Å²) in [5, 5.41) is 7.21. The van der Waals surface area contributed by atoms with E-state index in [9.17, 15) is 0 Å². The average Bonchev–Trinajstić information content (AvgIpc) is 3.23. The summed E-state index contributed by atoms with van der Waals surface area (Å²) in [6.07, 6.45) is 9.67. The van der Waals surface area contributed by atoms with Crippen LogP contribution in [0.25, 0.3) is 0 Å². The van der Waals surface area contributed by atoms with Crippen molar-refractivity contribution in [3.05, 3.63) is 0 Å². The van der Waals surface area contributed by atoms with Gasteiger partial charge < -0.3 is 10.6 Å². The Balaban J connectivity index is 0.00000192. The number of thioether (sulfide) groups is 1. The number of likely N-dealkylation sites (tertiary alicyclic amines) is 1. The molecular formula is C17H33IN4S. The third-order valence-corrected chi connectivity index (χ3v) is 6.57. The molecular weight excluding hydrogens is 419 g/mol. The van der Waals surface area contributed by atoms with Gasteiger partial charge in [-0.15, -0.1) is 24.0 Å². The van der Waals surface area contributed by atoms with Crippen LogP contribution >= 0.6 is 35.7 Å². The highest BCUT2D eigenvalue weighted by molar-refractivity contribution is 14.0. The highest BCUT2D eigenvalue weighted by Crippen LogP contribution is 2.26. The summed E-state index contributed by atoms with van der Waals surface area (Å²) in [6.45, 7) is 3.55. The molecule has 0 bridgehead atoms. The van der Waals surface area contributed by atoms with Gasteiger partial charge in [-0.1, -0.05) is 12.8 Å². The molecule has 0 spiro atoms. The van der Waals surface area contributed by atoms with E-state index in [1.54, 1.807) is 0 Å². The van der Waals surface area contributed by atoms with Gasteiger partial charge >= 0.3 is 0 Å². The lowest BCUT2D eigenvalue weighted by molar-refractivity contribution is 0.242. The quantitative estimate of drug-likeness (QED) is 0.391. The van der Waals surface area contributed by atoms with Crippen molar-refractivity contribution in [2.24, 2.45) is 10.9 Å². The number of nitrogens with one attached hydrogen (secondary N) is 2. The van der Waals surface area contributed by atoms with Crippen molar-refractivity contribution >= 4 is 41.7 Å². The molecule has 1 unspecified atom stereocenters. The molecule has 4 nitrogen and oxygen atoms in total. The highest BCUT2D eigenvalue weighted by atomic mass is 127. The molecule has 2 aliphatic heterocycles. The van der Waals surface area contributed by atoms with Crippen LogP contribution in [0.4, 0.5) is 0 Å². The number of halogens is 1. The van der Waals surface area contributed by atoms with E-state index in [4.69, 9.17) is 0 Å². The van der Waals surface area contributed by atoms with Crippen molar-refractivity contribution in [2.75, 3.05) is 38.2 Å². The number of hydrogen-bond acceptors (Lipinski definition) is 3. The zero-order valence-corrected chi connectivity index (χ0v) is 17.6. The van der Waals surface area contributed by atoms with Gasteiger partial charge in [-0.3, -0.25) is 9.89 Å².